The van der Waals surface area contributed by atoms with Crippen molar-refractivity contribution >= 4 is 17.6 Å². The first-order chi connectivity index (χ1) is 24.4. The van der Waals surface area contributed by atoms with E-state index in [-0.39, 0.29) is 67.5 Å². The second-order valence-corrected chi connectivity index (χ2v) is 14.0. The van der Waals surface area contributed by atoms with Crippen molar-refractivity contribution in [2.45, 2.75) is 101 Å². The third-order valence-electron chi connectivity index (χ3n) is 10.5. The third-order valence-corrected chi connectivity index (χ3v) is 10.5. The molecule has 12 nitrogen and oxygen atoms in total. The largest absolute Gasteiger partial charge is 0.417 e. The fourth-order valence-corrected chi connectivity index (χ4v) is 7.30. The molecule has 3 atom stereocenters. The average molecular weight is 750 g/mol. The van der Waals surface area contributed by atoms with Gasteiger partial charge in [-0.2, -0.15) is 36.5 Å². The first-order valence-corrected chi connectivity index (χ1v) is 17.2. The molecule has 0 unspecified atom stereocenters. The lowest BCUT2D eigenvalue weighted by atomic mass is 9.81. The molecule has 3 aromatic rings. The van der Waals surface area contributed by atoms with Gasteiger partial charge in [0.05, 0.1) is 35.2 Å². The zero-order chi connectivity index (χ0) is 37.6. The first-order valence-electron chi connectivity index (χ1n) is 17.2. The topological polar surface area (TPSA) is 143 Å². The van der Waals surface area contributed by atoms with Crippen LogP contribution in [0.3, 0.4) is 0 Å². The summed E-state index contributed by atoms with van der Waals surface area (Å²) in [6.07, 6.45) is -9.23. The van der Waals surface area contributed by atoms with E-state index >= 15 is 0 Å². The van der Waals surface area contributed by atoms with Crippen LogP contribution in [0.4, 0.5) is 35.1 Å². The van der Waals surface area contributed by atoms with Crippen LogP contribution in [0, 0.1) is 17.8 Å². The molecular weight excluding hydrogens is 710 g/mol. The highest BCUT2D eigenvalue weighted by Gasteiger charge is 2.54. The predicted molar refractivity (Wildman–Crippen MR) is 166 cm³/mol. The summed E-state index contributed by atoms with van der Waals surface area (Å²) in [6, 6.07) is 0.634. The summed E-state index contributed by atoms with van der Waals surface area (Å²) in [5.74, 6) is -7.42. The molecule has 20 heteroatoms. The lowest BCUT2D eigenvalue weighted by molar-refractivity contribution is -0.272. The molecule has 0 bridgehead atoms. The molecule has 0 spiro atoms. The number of aromatic nitrogens is 6. The Kier molecular flexibility index (Phi) is 10.3. The van der Waals surface area contributed by atoms with Gasteiger partial charge in [-0.05, 0) is 51.0 Å². The van der Waals surface area contributed by atoms with Crippen LogP contribution in [0.1, 0.15) is 85.5 Å². The van der Waals surface area contributed by atoms with E-state index in [1.54, 1.807) is 11.8 Å². The number of hydrogen-bond acceptors (Lipinski definition) is 8. The van der Waals surface area contributed by atoms with Gasteiger partial charge in [0.15, 0.2) is 5.60 Å². The standard InChI is InChI=1S/C32H39F8N9O3/c1-2-48-24(5-10-42-48)27(51)45-25(18-3-6-30(33,34)7-4-18)23-17-49-28(44-23)43-22(16-47-11-8-29(52,9-12-47)32(38,39)40)21(46-49)14-19-13-20(31(35,36)37)15-41-26(19)50/h5,10,17-20,25,52H,2-4,6-9,11-16H2,1H3,(H,41,50)(H,45,51)/t19-,20-,25+/m1/s1. The van der Waals surface area contributed by atoms with Crippen LogP contribution in [-0.2, 0) is 24.3 Å². The number of aliphatic hydroxyl groups is 1. The highest BCUT2D eigenvalue weighted by Crippen LogP contribution is 2.42. The number of carbonyl (C=O) groups excluding carboxylic acids is 2. The lowest BCUT2D eigenvalue weighted by Crippen LogP contribution is -2.53. The Balaban J connectivity index is 1.34. The van der Waals surface area contributed by atoms with Gasteiger partial charge < -0.3 is 15.7 Å². The fourth-order valence-electron chi connectivity index (χ4n) is 7.30. The summed E-state index contributed by atoms with van der Waals surface area (Å²) in [4.78, 5) is 37.0. The molecule has 2 aliphatic heterocycles. The number of rotatable bonds is 9. The Labute approximate surface area is 292 Å². The molecule has 1 aliphatic carbocycles. The molecule has 3 aliphatic rings. The van der Waals surface area contributed by atoms with Crippen LogP contribution in [0.25, 0.3) is 5.78 Å². The smallest absolute Gasteiger partial charge is 0.380 e. The molecule has 3 aromatic heterocycles. The minimum Gasteiger partial charge on any atom is -0.380 e. The predicted octanol–water partition coefficient (Wildman–Crippen LogP) is 4.38. The number of aryl methyl sites for hydroxylation is 1. The molecule has 2 amide bonds. The summed E-state index contributed by atoms with van der Waals surface area (Å²) in [6.45, 7) is 1.13. The maximum atomic E-state index is 14.2. The summed E-state index contributed by atoms with van der Waals surface area (Å²) in [5.41, 5.74) is -2.13. The van der Waals surface area contributed by atoms with Crippen LogP contribution >= 0.6 is 0 Å². The minimum atomic E-state index is -4.84. The van der Waals surface area contributed by atoms with Crippen molar-refractivity contribution in [1.29, 1.82) is 0 Å². The Morgan fingerprint density at radius 1 is 1.08 bits per heavy atom. The number of carbonyl (C=O) groups is 2. The van der Waals surface area contributed by atoms with Crippen LogP contribution < -0.4 is 10.6 Å². The van der Waals surface area contributed by atoms with Crippen molar-refractivity contribution in [3.8, 4) is 0 Å². The third kappa shape index (κ3) is 8.01. The van der Waals surface area contributed by atoms with Gasteiger partial charge in [-0.3, -0.25) is 19.2 Å². The van der Waals surface area contributed by atoms with Crippen LogP contribution in [0.15, 0.2) is 18.5 Å². The molecule has 2 saturated heterocycles. The van der Waals surface area contributed by atoms with Gasteiger partial charge in [0, 0.05) is 64.1 Å². The number of amides is 2. The Morgan fingerprint density at radius 2 is 1.77 bits per heavy atom. The summed E-state index contributed by atoms with van der Waals surface area (Å²) in [7, 11) is 0. The number of nitrogens with one attached hydrogen (secondary N) is 2. The van der Waals surface area contributed by atoms with E-state index in [0.717, 1.165) is 0 Å². The monoisotopic (exact) mass is 749 g/mol. The van der Waals surface area contributed by atoms with Gasteiger partial charge in [0.2, 0.25) is 11.8 Å². The summed E-state index contributed by atoms with van der Waals surface area (Å²) < 4.78 is 112. The van der Waals surface area contributed by atoms with E-state index in [1.165, 1.54) is 27.7 Å². The molecule has 3 N–H and O–H groups in total. The van der Waals surface area contributed by atoms with Crippen molar-refractivity contribution in [2.24, 2.45) is 17.8 Å². The Bertz CT molecular complexity index is 1760. The molecule has 1 saturated carbocycles. The van der Waals surface area contributed by atoms with Gasteiger partial charge in [0.1, 0.15) is 5.69 Å². The normalized spacial score (nSPS) is 23.8. The highest BCUT2D eigenvalue weighted by molar-refractivity contribution is 5.92. The Morgan fingerprint density at radius 3 is 2.40 bits per heavy atom. The van der Waals surface area contributed by atoms with E-state index in [9.17, 15) is 49.8 Å². The summed E-state index contributed by atoms with van der Waals surface area (Å²) in [5, 5.41) is 24.1. The van der Waals surface area contributed by atoms with Gasteiger partial charge >= 0.3 is 12.4 Å². The second kappa shape index (κ2) is 14.1. The van der Waals surface area contributed by atoms with E-state index < -0.39 is 98.1 Å². The molecular formula is C32H39F8N9O3. The molecule has 5 heterocycles. The van der Waals surface area contributed by atoms with Crippen molar-refractivity contribution < 1.29 is 49.8 Å². The number of hydrogen-bond donors (Lipinski definition) is 3. The SMILES string of the molecule is CCn1nccc1C(=O)N[C@H](c1cn2nc(C[C@H]3C[C@@H](C(F)(F)F)CNC3=O)c(CN3CCC(O)(C(F)(F)F)CC3)nc2n1)C1CCC(F)(F)CC1. The average Bonchev–Trinajstić information content (AvgIpc) is 3.72. The maximum absolute atomic E-state index is 14.2. The molecule has 286 valence electrons. The van der Waals surface area contributed by atoms with Gasteiger partial charge in [-0.1, -0.05) is 0 Å². The van der Waals surface area contributed by atoms with E-state index in [4.69, 9.17) is 0 Å². The first kappa shape index (κ1) is 37.8. The Hall–Kier alpha value is -3.94. The van der Waals surface area contributed by atoms with Crippen LogP contribution in [-0.4, -0.2) is 94.7 Å². The quantitative estimate of drug-likeness (QED) is 0.274. The zero-order valence-electron chi connectivity index (χ0n) is 28.2. The van der Waals surface area contributed by atoms with Crippen LogP contribution in [0.5, 0.6) is 0 Å². The molecule has 3 fully saturated rings. The van der Waals surface area contributed by atoms with E-state index in [1.807, 2.05) is 0 Å². The van der Waals surface area contributed by atoms with E-state index in [2.05, 4.69) is 30.8 Å². The number of nitrogens with zero attached hydrogens (tertiary/aromatic N) is 7. The van der Waals surface area contributed by atoms with Crippen molar-refractivity contribution in [3.05, 3.63) is 41.2 Å². The number of piperidine rings is 2. The van der Waals surface area contributed by atoms with Crippen molar-refractivity contribution in [1.82, 2.24) is 44.9 Å². The van der Waals surface area contributed by atoms with Crippen LogP contribution in [0.2, 0.25) is 0 Å². The molecule has 52 heavy (non-hydrogen) atoms. The number of fused-ring (bicyclic) bond motifs is 1. The number of alkyl halides is 8. The minimum absolute atomic E-state index is 0.0159. The fraction of sp³-hybridized carbons (Fsp3) is 0.688. The van der Waals surface area contributed by atoms with Crippen molar-refractivity contribution in [2.75, 3.05) is 19.6 Å². The molecule has 6 rings (SSSR count). The zero-order valence-corrected chi connectivity index (χ0v) is 28.2. The van der Waals surface area contributed by atoms with Gasteiger partial charge in [0.25, 0.3) is 11.7 Å². The number of likely N-dealkylation sites (tertiary alicyclic amines) is 1. The van der Waals surface area contributed by atoms with E-state index in [0.29, 0.717) is 6.54 Å². The molecule has 0 aromatic carbocycles. The van der Waals surface area contributed by atoms with Gasteiger partial charge in [-0.15, -0.1) is 0 Å². The summed E-state index contributed by atoms with van der Waals surface area (Å²) >= 11 is 0. The van der Waals surface area contributed by atoms with Gasteiger partial charge in [-0.25, -0.2) is 23.3 Å². The maximum Gasteiger partial charge on any atom is 0.417 e. The second-order valence-electron chi connectivity index (χ2n) is 14.0. The molecule has 0 radical (unpaired) electrons. The highest BCUT2D eigenvalue weighted by atomic mass is 19.4. The lowest BCUT2D eigenvalue weighted by Gasteiger charge is -2.39. The van der Waals surface area contributed by atoms with Crippen molar-refractivity contribution in [3.63, 3.8) is 0 Å². The number of halogens is 8. The number of imidazole rings is 1.